The van der Waals surface area contributed by atoms with Crippen LogP contribution in [0.5, 0.6) is 5.75 Å². The van der Waals surface area contributed by atoms with E-state index < -0.39 is 16.5 Å². The Kier molecular flexibility index (Phi) is 3.79. The van der Waals surface area contributed by atoms with E-state index in [0.29, 0.717) is 18.8 Å². The van der Waals surface area contributed by atoms with Gasteiger partial charge in [-0.05, 0) is 22.7 Å². The summed E-state index contributed by atoms with van der Waals surface area (Å²) in [7, 11) is 0. The minimum Gasteiger partial charge on any atom is -0.501 e. The Balaban J connectivity index is 1.77. The molecule has 1 aliphatic rings. The Hall–Kier alpha value is -2.38. The SMILES string of the molecule is O=C(NCCNc1cnc([N+](=O)[O-])c(O)c1)C1CC1. The summed E-state index contributed by atoms with van der Waals surface area (Å²) in [5.41, 5.74) is 0.462. The first-order valence-corrected chi connectivity index (χ1v) is 5.93. The summed E-state index contributed by atoms with van der Waals surface area (Å²) in [5.74, 6) is -0.832. The van der Waals surface area contributed by atoms with Crippen molar-refractivity contribution in [2.75, 3.05) is 18.4 Å². The van der Waals surface area contributed by atoms with Gasteiger partial charge in [0.15, 0.2) is 6.20 Å². The van der Waals surface area contributed by atoms with Crippen LogP contribution in [0.1, 0.15) is 12.8 Å². The zero-order valence-corrected chi connectivity index (χ0v) is 10.1. The Labute approximate surface area is 109 Å². The Morgan fingerprint density at radius 1 is 1.53 bits per heavy atom. The Morgan fingerprint density at radius 3 is 2.84 bits per heavy atom. The standard InChI is InChI=1S/C11H14N4O4/c16-9-5-8(6-14-10(9)15(18)19)12-3-4-13-11(17)7-1-2-7/h5-7,12,16H,1-4H2,(H,13,17). The fraction of sp³-hybridized carbons (Fsp3) is 0.455. The van der Waals surface area contributed by atoms with Crippen molar-refractivity contribution in [3.8, 4) is 5.75 Å². The van der Waals surface area contributed by atoms with Crippen molar-refractivity contribution >= 4 is 17.4 Å². The van der Waals surface area contributed by atoms with Gasteiger partial charge in [0.05, 0.1) is 5.69 Å². The maximum absolute atomic E-state index is 11.3. The summed E-state index contributed by atoms with van der Waals surface area (Å²) in [6.45, 7) is 0.907. The molecule has 0 unspecified atom stereocenters. The smallest absolute Gasteiger partial charge is 0.406 e. The average Bonchev–Trinajstić information content (AvgIpc) is 3.18. The summed E-state index contributed by atoms with van der Waals surface area (Å²) in [6, 6.07) is 1.23. The first-order valence-electron chi connectivity index (χ1n) is 5.93. The summed E-state index contributed by atoms with van der Waals surface area (Å²) in [5, 5.41) is 25.5. The molecule has 1 aromatic rings. The zero-order valence-electron chi connectivity index (χ0n) is 10.1. The predicted octanol–water partition coefficient (Wildman–Crippen LogP) is 0.633. The summed E-state index contributed by atoms with van der Waals surface area (Å²) >= 11 is 0. The highest BCUT2D eigenvalue weighted by molar-refractivity contribution is 5.80. The molecule has 1 heterocycles. The molecule has 0 spiro atoms. The van der Waals surface area contributed by atoms with Gasteiger partial charge in [-0.25, -0.2) is 0 Å². The van der Waals surface area contributed by atoms with Crippen molar-refractivity contribution < 1.29 is 14.8 Å². The van der Waals surface area contributed by atoms with Crippen LogP contribution in [0.4, 0.5) is 11.5 Å². The maximum atomic E-state index is 11.3. The number of hydrogen-bond donors (Lipinski definition) is 3. The highest BCUT2D eigenvalue weighted by Crippen LogP contribution is 2.28. The van der Waals surface area contributed by atoms with Gasteiger partial charge in [-0.15, -0.1) is 0 Å². The molecule has 0 atom stereocenters. The lowest BCUT2D eigenvalue weighted by Gasteiger charge is -2.06. The minimum atomic E-state index is -0.755. The molecule has 3 N–H and O–H groups in total. The van der Waals surface area contributed by atoms with Crippen molar-refractivity contribution in [3.05, 3.63) is 22.4 Å². The molecule has 2 rings (SSSR count). The second-order valence-electron chi connectivity index (χ2n) is 4.32. The average molecular weight is 266 g/mol. The number of pyridine rings is 1. The normalized spacial score (nSPS) is 13.9. The highest BCUT2D eigenvalue weighted by Gasteiger charge is 2.28. The number of carbonyl (C=O) groups is 1. The molecule has 1 aromatic heterocycles. The number of aromatic hydroxyl groups is 1. The first-order chi connectivity index (χ1) is 9.08. The number of aromatic nitrogens is 1. The van der Waals surface area contributed by atoms with Gasteiger partial charge < -0.3 is 25.9 Å². The third kappa shape index (κ3) is 3.54. The zero-order chi connectivity index (χ0) is 13.8. The fourth-order valence-corrected chi connectivity index (χ4v) is 1.57. The van der Waals surface area contributed by atoms with E-state index in [-0.39, 0.29) is 11.8 Å². The molecule has 8 heteroatoms. The number of nitrogens with one attached hydrogen (secondary N) is 2. The van der Waals surface area contributed by atoms with E-state index in [2.05, 4.69) is 15.6 Å². The number of hydrogen-bond acceptors (Lipinski definition) is 6. The number of nitrogens with zero attached hydrogens (tertiary/aromatic N) is 2. The molecule has 0 aromatic carbocycles. The van der Waals surface area contributed by atoms with Crippen molar-refractivity contribution in [2.24, 2.45) is 5.92 Å². The lowest BCUT2D eigenvalue weighted by atomic mass is 10.3. The maximum Gasteiger partial charge on any atom is 0.406 e. The van der Waals surface area contributed by atoms with Crippen LogP contribution in [0.2, 0.25) is 0 Å². The van der Waals surface area contributed by atoms with Crippen molar-refractivity contribution in [1.29, 1.82) is 0 Å². The molecule has 19 heavy (non-hydrogen) atoms. The van der Waals surface area contributed by atoms with Gasteiger partial charge in [-0.1, -0.05) is 0 Å². The van der Waals surface area contributed by atoms with Gasteiger partial charge in [0, 0.05) is 25.1 Å². The third-order valence-corrected chi connectivity index (χ3v) is 2.72. The topological polar surface area (TPSA) is 117 Å². The Morgan fingerprint density at radius 2 is 2.26 bits per heavy atom. The summed E-state index contributed by atoms with van der Waals surface area (Å²) in [4.78, 5) is 24.6. The van der Waals surface area contributed by atoms with Crippen LogP contribution in [0.15, 0.2) is 12.3 Å². The molecule has 1 amide bonds. The molecule has 0 bridgehead atoms. The second kappa shape index (κ2) is 5.51. The van der Waals surface area contributed by atoms with E-state index in [4.69, 9.17) is 0 Å². The van der Waals surface area contributed by atoms with Gasteiger partial charge >= 0.3 is 5.82 Å². The molecule has 0 aliphatic heterocycles. The number of carbonyl (C=O) groups excluding carboxylic acids is 1. The van der Waals surface area contributed by atoms with Gasteiger partial charge in [0.2, 0.25) is 11.7 Å². The van der Waals surface area contributed by atoms with Crippen LogP contribution in [0.3, 0.4) is 0 Å². The number of amides is 1. The van der Waals surface area contributed by atoms with Crippen LogP contribution in [0.25, 0.3) is 0 Å². The number of anilines is 1. The molecule has 0 radical (unpaired) electrons. The van der Waals surface area contributed by atoms with E-state index in [1.54, 1.807) is 0 Å². The van der Waals surface area contributed by atoms with Gasteiger partial charge in [0.1, 0.15) is 0 Å². The lowest BCUT2D eigenvalue weighted by Crippen LogP contribution is -2.29. The molecule has 102 valence electrons. The summed E-state index contributed by atoms with van der Waals surface area (Å²) < 4.78 is 0. The van der Waals surface area contributed by atoms with Gasteiger partial charge in [-0.2, -0.15) is 0 Å². The largest absolute Gasteiger partial charge is 0.501 e. The van der Waals surface area contributed by atoms with Crippen LogP contribution < -0.4 is 10.6 Å². The van der Waals surface area contributed by atoms with Crippen LogP contribution >= 0.6 is 0 Å². The van der Waals surface area contributed by atoms with E-state index >= 15 is 0 Å². The van der Waals surface area contributed by atoms with E-state index in [9.17, 15) is 20.0 Å². The lowest BCUT2D eigenvalue weighted by molar-refractivity contribution is -0.390. The number of nitro groups is 1. The van der Waals surface area contributed by atoms with E-state index in [1.165, 1.54) is 12.3 Å². The molecule has 1 fully saturated rings. The second-order valence-corrected chi connectivity index (χ2v) is 4.32. The molecular formula is C11H14N4O4. The van der Waals surface area contributed by atoms with Gasteiger partial charge in [0.25, 0.3) is 0 Å². The molecule has 1 saturated carbocycles. The van der Waals surface area contributed by atoms with Crippen LogP contribution in [-0.4, -0.2) is 34.0 Å². The number of rotatable bonds is 6. The molecular weight excluding hydrogens is 252 g/mol. The highest BCUT2D eigenvalue weighted by atomic mass is 16.6. The monoisotopic (exact) mass is 266 g/mol. The fourth-order valence-electron chi connectivity index (χ4n) is 1.57. The Bertz CT molecular complexity index is 501. The van der Waals surface area contributed by atoms with E-state index in [1.807, 2.05) is 0 Å². The summed E-state index contributed by atoms with van der Waals surface area (Å²) in [6.07, 6.45) is 3.18. The first kappa shape index (κ1) is 13.1. The van der Waals surface area contributed by atoms with Crippen molar-refractivity contribution in [1.82, 2.24) is 10.3 Å². The minimum absolute atomic E-state index is 0.0615. The van der Waals surface area contributed by atoms with Crippen molar-refractivity contribution in [2.45, 2.75) is 12.8 Å². The van der Waals surface area contributed by atoms with Crippen molar-refractivity contribution in [3.63, 3.8) is 0 Å². The van der Waals surface area contributed by atoms with E-state index in [0.717, 1.165) is 12.8 Å². The quantitative estimate of drug-likeness (QED) is 0.395. The van der Waals surface area contributed by atoms with Crippen LogP contribution in [0, 0.1) is 16.0 Å². The molecule has 1 aliphatic carbocycles. The molecule has 0 saturated heterocycles. The van der Waals surface area contributed by atoms with Crippen LogP contribution in [-0.2, 0) is 4.79 Å². The third-order valence-electron chi connectivity index (χ3n) is 2.72. The molecule has 8 nitrogen and oxygen atoms in total. The van der Waals surface area contributed by atoms with Gasteiger partial charge in [-0.3, -0.25) is 4.79 Å². The predicted molar refractivity (Wildman–Crippen MR) is 66.8 cm³/mol.